The minimum absolute atomic E-state index is 0.198. The fourth-order valence-electron chi connectivity index (χ4n) is 3.50. The lowest BCUT2D eigenvalue weighted by molar-refractivity contribution is -0.139. The number of nitrogens with zero attached hydrogens (tertiary/aromatic N) is 2. The first-order valence-corrected chi connectivity index (χ1v) is 9.86. The zero-order valence-corrected chi connectivity index (χ0v) is 16.3. The molecule has 2 heterocycles. The maximum absolute atomic E-state index is 12.1. The van der Waals surface area contributed by atoms with Crippen LogP contribution in [-0.4, -0.2) is 41.3 Å². The average molecular weight is 380 g/mol. The summed E-state index contributed by atoms with van der Waals surface area (Å²) in [6, 6.07) is 13.5. The third kappa shape index (κ3) is 5.89. The van der Waals surface area contributed by atoms with Gasteiger partial charge in [-0.2, -0.15) is 0 Å². The Labute approximate surface area is 166 Å². The molecule has 0 bridgehead atoms. The molecule has 0 spiro atoms. The summed E-state index contributed by atoms with van der Waals surface area (Å²) < 4.78 is 0. The lowest BCUT2D eigenvalue weighted by Gasteiger charge is -2.32. The van der Waals surface area contributed by atoms with Gasteiger partial charge in [0, 0.05) is 25.5 Å². The minimum Gasteiger partial charge on any atom is -0.348 e. The van der Waals surface area contributed by atoms with E-state index in [4.69, 9.17) is 0 Å². The van der Waals surface area contributed by atoms with Crippen LogP contribution in [0, 0.1) is 5.92 Å². The first-order valence-electron chi connectivity index (χ1n) is 9.86. The molecule has 3 rings (SSSR count). The van der Waals surface area contributed by atoms with E-state index < -0.39 is 11.8 Å². The Morgan fingerprint density at radius 3 is 2.43 bits per heavy atom. The smallest absolute Gasteiger partial charge is 0.309 e. The summed E-state index contributed by atoms with van der Waals surface area (Å²) in [5.74, 6) is -0.717. The molecule has 1 aromatic carbocycles. The van der Waals surface area contributed by atoms with Gasteiger partial charge in [0.25, 0.3) is 0 Å². The number of amides is 2. The zero-order chi connectivity index (χ0) is 19.8. The monoisotopic (exact) mass is 380 g/mol. The molecule has 0 radical (unpaired) electrons. The summed E-state index contributed by atoms with van der Waals surface area (Å²) >= 11 is 0. The van der Waals surface area contributed by atoms with Crippen molar-refractivity contribution < 1.29 is 9.59 Å². The van der Waals surface area contributed by atoms with E-state index in [1.54, 1.807) is 0 Å². The van der Waals surface area contributed by atoms with E-state index in [0.29, 0.717) is 12.5 Å². The van der Waals surface area contributed by atoms with Crippen molar-refractivity contribution in [2.75, 3.05) is 19.6 Å². The number of carbonyl (C=O) groups is 2. The first kappa shape index (κ1) is 20.0. The van der Waals surface area contributed by atoms with E-state index in [0.717, 1.165) is 38.0 Å². The Kier molecular flexibility index (Phi) is 7.14. The standard InChI is InChI=1S/C22H28N4O2/c1-17(20-5-3-2-4-6-20)25-22(28)21(27)24-15-18-9-13-26(14-10-18)16-19-7-11-23-12-8-19/h2-8,11-12,17-18H,9-10,13-16H2,1H3,(H,24,27)(H,25,28). The maximum Gasteiger partial charge on any atom is 0.309 e. The molecule has 1 unspecified atom stereocenters. The number of piperidine rings is 1. The highest BCUT2D eigenvalue weighted by Crippen LogP contribution is 2.18. The number of aromatic nitrogens is 1. The fraction of sp³-hybridized carbons (Fsp3) is 0.409. The largest absolute Gasteiger partial charge is 0.348 e. The summed E-state index contributed by atoms with van der Waals surface area (Å²) in [7, 11) is 0. The molecule has 1 saturated heterocycles. The molecule has 148 valence electrons. The Balaban J connectivity index is 1.36. The number of rotatable bonds is 6. The second-order valence-electron chi connectivity index (χ2n) is 7.39. The number of likely N-dealkylation sites (tertiary alicyclic amines) is 1. The van der Waals surface area contributed by atoms with Crippen molar-refractivity contribution in [2.24, 2.45) is 5.92 Å². The van der Waals surface area contributed by atoms with Crippen LogP contribution in [0.15, 0.2) is 54.9 Å². The fourth-order valence-corrected chi connectivity index (χ4v) is 3.50. The molecule has 2 aromatic rings. The van der Waals surface area contributed by atoms with Crippen LogP contribution in [0.3, 0.4) is 0 Å². The van der Waals surface area contributed by atoms with Gasteiger partial charge in [0.1, 0.15) is 0 Å². The predicted molar refractivity (Wildman–Crippen MR) is 108 cm³/mol. The number of pyridine rings is 1. The molecule has 1 aliphatic heterocycles. The molecule has 1 aromatic heterocycles. The van der Waals surface area contributed by atoms with Gasteiger partial charge in [-0.1, -0.05) is 30.3 Å². The maximum atomic E-state index is 12.1. The van der Waals surface area contributed by atoms with Crippen molar-refractivity contribution in [1.82, 2.24) is 20.5 Å². The van der Waals surface area contributed by atoms with E-state index in [9.17, 15) is 9.59 Å². The van der Waals surface area contributed by atoms with Crippen LogP contribution in [0.5, 0.6) is 0 Å². The van der Waals surface area contributed by atoms with Crippen LogP contribution in [-0.2, 0) is 16.1 Å². The third-order valence-electron chi connectivity index (χ3n) is 5.27. The van der Waals surface area contributed by atoms with E-state index >= 15 is 0 Å². The highest BCUT2D eigenvalue weighted by Gasteiger charge is 2.22. The Morgan fingerprint density at radius 1 is 1.07 bits per heavy atom. The summed E-state index contributed by atoms with van der Waals surface area (Å²) in [5.41, 5.74) is 2.25. The summed E-state index contributed by atoms with van der Waals surface area (Å²) in [5, 5.41) is 5.55. The van der Waals surface area contributed by atoms with Gasteiger partial charge < -0.3 is 10.6 Å². The molecule has 0 aliphatic carbocycles. The predicted octanol–water partition coefficient (Wildman–Crippen LogP) is 2.29. The summed E-state index contributed by atoms with van der Waals surface area (Å²) in [4.78, 5) is 30.7. The van der Waals surface area contributed by atoms with E-state index in [2.05, 4.69) is 20.5 Å². The molecule has 2 amide bonds. The number of carbonyl (C=O) groups excluding carboxylic acids is 2. The van der Waals surface area contributed by atoms with Crippen LogP contribution in [0.4, 0.5) is 0 Å². The second kappa shape index (κ2) is 9.99. The second-order valence-corrected chi connectivity index (χ2v) is 7.39. The molecule has 28 heavy (non-hydrogen) atoms. The number of nitrogens with one attached hydrogen (secondary N) is 2. The van der Waals surface area contributed by atoms with E-state index in [1.165, 1.54) is 5.56 Å². The van der Waals surface area contributed by atoms with Crippen LogP contribution in [0.1, 0.15) is 36.9 Å². The molecule has 6 heteroatoms. The molecule has 2 N–H and O–H groups in total. The first-order chi connectivity index (χ1) is 13.6. The van der Waals surface area contributed by atoms with Gasteiger partial charge >= 0.3 is 11.8 Å². The van der Waals surface area contributed by atoms with Gasteiger partial charge in [-0.25, -0.2) is 0 Å². The highest BCUT2D eigenvalue weighted by molar-refractivity contribution is 6.35. The number of benzene rings is 1. The summed E-state index contributed by atoms with van der Waals surface area (Å²) in [6.45, 7) is 5.36. The molecular weight excluding hydrogens is 352 g/mol. The molecular formula is C22H28N4O2. The highest BCUT2D eigenvalue weighted by atomic mass is 16.2. The van der Waals surface area contributed by atoms with Crippen LogP contribution < -0.4 is 10.6 Å². The molecule has 1 aliphatic rings. The number of hydrogen-bond donors (Lipinski definition) is 2. The van der Waals surface area contributed by atoms with Gasteiger partial charge in [-0.15, -0.1) is 0 Å². The summed E-state index contributed by atoms with van der Waals surface area (Å²) in [6.07, 6.45) is 5.68. The Bertz CT molecular complexity index is 759. The SMILES string of the molecule is CC(NC(=O)C(=O)NCC1CCN(Cc2ccncc2)CC1)c1ccccc1. The molecule has 1 atom stereocenters. The normalized spacial score (nSPS) is 16.3. The quantitative estimate of drug-likeness (QED) is 0.754. The third-order valence-corrected chi connectivity index (χ3v) is 5.27. The Morgan fingerprint density at radius 2 is 1.75 bits per heavy atom. The van der Waals surface area contributed by atoms with Gasteiger partial charge in [0.15, 0.2) is 0 Å². The molecule has 1 fully saturated rings. The lowest BCUT2D eigenvalue weighted by Crippen LogP contribution is -2.44. The van der Waals surface area contributed by atoms with Crippen molar-refractivity contribution in [3.63, 3.8) is 0 Å². The minimum atomic E-state index is -0.577. The van der Waals surface area contributed by atoms with Gasteiger partial charge in [-0.3, -0.25) is 19.5 Å². The van der Waals surface area contributed by atoms with Crippen molar-refractivity contribution in [3.05, 3.63) is 66.0 Å². The van der Waals surface area contributed by atoms with Gasteiger partial charge in [0.05, 0.1) is 6.04 Å². The van der Waals surface area contributed by atoms with E-state index in [-0.39, 0.29) is 6.04 Å². The Hall–Kier alpha value is -2.73. The van der Waals surface area contributed by atoms with Gasteiger partial charge in [-0.05, 0) is 62.0 Å². The van der Waals surface area contributed by atoms with Crippen LogP contribution >= 0.6 is 0 Å². The van der Waals surface area contributed by atoms with Crippen molar-refractivity contribution in [2.45, 2.75) is 32.4 Å². The van der Waals surface area contributed by atoms with Crippen molar-refractivity contribution in [3.8, 4) is 0 Å². The molecule has 0 saturated carbocycles. The topological polar surface area (TPSA) is 74.3 Å². The van der Waals surface area contributed by atoms with E-state index in [1.807, 2.05) is 61.8 Å². The van der Waals surface area contributed by atoms with Crippen LogP contribution in [0.25, 0.3) is 0 Å². The number of hydrogen-bond acceptors (Lipinski definition) is 4. The van der Waals surface area contributed by atoms with Gasteiger partial charge in [0.2, 0.25) is 0 Å². The zero-order valence-electron chi connectivity index (χ0n) is 16.3. The lowest BCUT2D eigenvalue weighted by atomic mass is 9.96. The molecule has 6 nitrogen and oxygen atoms in total. The van der Waals surface area contributed by atoms with Crippen molar-refractivity contribution >= 4 is 11.8 Å². The average Bonchev–Trinajstić information content (AvgIpc) is 2.74. The van der Waals surface area contributed by atoms with Crippen LogP contribution in [0.2, 0.25) is 0 Å². The van der Waals surface area contributed by atoms with Crippen molar-refractivity contribution in [1.29, 1.82) is 0 Å².